The Labute approximate surface area is 98.9 Å². The summed E-state index contributed by atoms with van der Waals surface area (Å²) in [6.45, 7) is 0.302. The van der Waals surface area contributed by atoms with Gasteiger partial charge in [0.25, 0.3) is 0 Å². The summed E-state index contributed by atoms with van der Waals surface area (Å²) in [5, 5.41) is 0. The van der Waals surface area contributed by atoms with Crippen LogP contribution in [0.4, 0.5) is 0 Å². The van der Waals surface area contributed by atoms with Crippen LogP contribution in [0.3, 0.4) is 0 Å². The molecule has 0 heterocycles. The van der Waals surface area contributed by atoms with Crippen LogP contribution >= 0.6 is 45.2 Å². The lowest BCUT2D eigenvalue weighted by molar-refractivity contribution is 0.0511. The van der Waals surface area contributed by atoms with Gasteiger partial charge in [0, 0.05) is 14.3 Å². The molecule has 0 spiro atoms. The first-order valence-electron chi connectivity index (χ1n) is 3.31. The second-order valence-corrected chi connectivity index (χ2v) is 4.45. The fourth-order valence-corrected chi connectivity index (χ4v) is 1.52. The van der Waals surface area contributed by atoms with Gasteiger partial charge in [0.05, 0.1) is 0 Å². The van der Waals surface area contributed by atoms with Crippen LogP contribution < -0.4 is 4.74 Å². The van der Waals surface area contributed by atoms with Crippen LogP contribution in [0, 0.1) is 7.14 Å². The Morgan fingerprint density at radius 3 is 2.58 bits per heavy atom. The maximum Gasteiger partial charge on any atom is 0.188 e. The van der Waals surface area contributed by atoms with Gasteiger partial charge in [-0.3, -0.25) is 0 Å². The highest BCUT2D eigenvalue weighted by Crippen LogP contribution is 2.20. The predicted molar refractivity (Wildman–Crippen MR) is 64.4 cm³/mol. The van der Waals surface area contributed by atoms with Crippen LogP contribution in [0.2, 0.25) is 0 Å². The minimum Gasteiger partial charge on any atom is -0.468 e. The van der Waals surface area contributed by atoms with Gasteiger partial charge in [0.2, 0.25) is 0 Å². The summed E-state index contributed by atoms with van der Waals surface area (Å²) in [4.78, 5) is 0. The van der Waals surface area contributed by atoms with Gasteiger partial charge in [-0.05, 0) is 63.4 Å². The molecule has 0 atom stereocenters. The van der Waals surface area contributed by atoms with Crippen LogP contribution in [0.1, 0.15) is 0 Å². The Morgan fingerprint density at radius 1 is 1.25 bits per heavy atom. The molecule has 0 aromatic heterocycles. The number of methoxy groups -OCH3 is 1. The zero-order chi connectivity index (χ0) is 8.97. The van der Waals surface area contributed by atoms with E-state index in [0.29, 0.717) is 6.79 Å². The Kier molecular flexibility index (Phi) is 4.59. The predicted octanol–water partition coefficient (Wildman–Crippen LogP) is 2.88. The van der Waals surface area contributed by atoms with E-state index in [0.717, 1.165) is 5.75 Å². The third kappa shape index (κ3) is 3.06. The molecule has 1 aromatic rings. The van der Waals surface area contributed by atoms with Crippen LogP contribution in [0.15, 0.2) is 18.2 Å². The largest absolute Gasteiger partial charge is 0.468 e. The van der Waals surface area contributed by atoms with Crippen molar-refractivity contribution in [3.63, 3.8) is 0 Å². The molecule has 1 rings (SSSR count). The van der Waals surface area contributed by atoms with E-state index in [4.69, 9.17) is 9.47 Å². The van der Waals surface area contributed by atoms with Gasteiger partial charge < -0.3 is 9.47 Å². The van der Waals surface area contributed by atoms with Crippen LogP contribution in [-0.4, -0.2) is 13.9 Å². The minimum absolute atomic E-state index is 0.302. The summed E-state index contributed by atoms with van der Waals surface area (Å²) < 4.78 is 12.5. The molecule has 0 aliphatic heterocycles. The molecule has 0 radical (unpaired) electrons. The van der Waals surface area contributed by atoms with Gasteiger partial charge in [-0.1, -0.05) is 0 Å². The summed E-state index contributed by atoms with van der Waals surface area (Å²) >= 11 is 4.56. The molecule has 2 nitrogen and oxygen atoms in total. The van der Waals surface area contributed by atoms with Crippen LogP contribution in [0.25, 0.3) is 0 Å². The first kappa shape index (κ1) is 10.5. The number of hydrogen-bond acceptors (Lipinski definition) is 2. The minimum atomic E-state index is 0.302. The highest BCUT2D eigenvalue weighted by molar-refractivity contribution is 14.1. The Bertz CT molecular complexity index is 263. The van der Waals surface area contributed by atoms with Gasteiger partial charge in [-0.25, -0.2) is 0 Å². The zero-order valence-electron chi connectivity index (χ0n) is 6.51. The van der Waals surface area contributed by atoms with E-state index in [2.05, 4.69) is 45.2 Å². The average molecular weight is 390 g/mol. The summed E-state index contributed by atoms with van der Waals surface area (Å²) in [5.41, 5.74) is 0. The number of rotatable bonds is 3. The van der Waals surface area contributed by atoms with E-state index in [1.54, 1.807) is 7.11 Å². The summed E-state index contributed by atoms with van der Waals surface area (Å²) in [5.74, 6) is 0.849. The molecular formula is C8H8I2O2. The van der Waals surface area contributed by atoms with Crippen LogP contribution in [0.5, 0.6) is 5.75 Å². The molecule has 12 heavy (non-hydrogen) atoms. The number of benzene rings is 1. The van der Waals surface area contributed by atoms with Crippen molar-refractivity contribution in [1.29, 1.82) is 0 Å². The van der Waals surface area contributed by atoms with Crippen molar-refractivity contribution < 1.29 is 9.47 Å². The molecule has 0 aliphatic carbocycles. The molecule has 0 N–H and O–H groups in total. The highest BCUT2D eigenvalue weighted by Gasteiger charge is 1.98. The maximum atomic E-state index is 5.26. The van der Waals surface area contributed by atoms with E-state index < -0.39 is 0 Å². The fraction of sp³-hybridized carbons (Fsp3) is 0.250. The highest BCUT2D eigenvalue weighted by atomic mass is 127. The molecule has 4 heteroatoms. The smallest absolute Gasteiger partial charge is 0.188 e. The molecule has 1 aromatic carbocycles. The van der Waals surface area contributed by atoms with E-state index >= 15 is 0 Å². The van der Waals surface area contributed by atoms with E-state index in [1.807, 2.05) is 18.2 Å². The van der Waals surface area contributed by atoms with Gasteiger partial charge in [0.1, 0.15) is 5.75 Å². The molecule has 66 valence electrons. The van der Waals surface area contributed by atoms with Gasteiger partial charge >= 0.3 is 0 Å². The normalized spacial score (nSPS) is 9.92. The molecule has 0 amide bonds. The van der Waals surface area contributed by atoms with Crippen molar-refractivity contribution in [2.45, 2.75) is 0 Å². The molecular weight excluding hydrogens is 382 g/mol. The van der Waals surface area contributed by atoms with Crippen molar-refractivity contribution in [1.82, 2.24) is 0 Å². The fourth-order valence-electron chi connectivity index (χ4n) is 0.694. The molecule has 0 fully saturated rings. The van der Waals surface area contributed by atoms with E-state index in [9.17, 15) is 0 Å². The molecule has 0 unspecified atom stereocenters. The topological polar surface area (TPSA) is 18.5 Å². The van der Waals surface area contributed by atoms with E-state index in [-0.39, 0.29) is 0 Å². The first-order valence-corrected chi connectivity index (χ1v) is 5.46. The Balaban J connectivity index is 2.69. The average Bonchev–Trinajstić information content (AvgIpc) is 2.07. The number of halogens is 2. The molecule has 0 bridgehead atoms. The third-order valence-electron chi connectivity index (χ3n) is 1.23. The molecule has 0 saturated carbocycles. The van der Waals surface area contributed by atoms with Crippen molar-refractivity contribution in [2.24, 2.45) is 0 Å². The standard InChI is InChI=1S/C8H8I2O2/c1-11-5-12-6-2-3-7(9)8(10)4-6/h2-4H,5H2,1H3. The third-order valence-corrected chi connectivity index (χ3v) is 4.10. The Morgan fingerprint density at radius 2 is 2.00 bits per heavy atom. The summed E-state index contributed by atoms with van der Waals surface area (Å²) in [7, 11) is 1.61. The van der Waals surface area contributed by atoms with Crippen molar-refractivity contribution >= 4 is 45.2 Å². The molecule has 0 saturated heterocycles. The lowest BCUT2D eigenvalue weighted by Gasteiger charge is -2.05. The van der Waals surface area contributed by atoms with Crippen molar-refractivity contribution in [2.75, 3.05) is 13.9 Å². The Hall–Kier alpha value is 0.440. The second-order valence-electron chi connectivity index (χ2n) is 2.13. The SMILES string of the molecule is COCOc1ccc(I)c(I)c1. The monoisotopic (exact) mass is 390 g/mol. The number of hydrogen-bond donors (Lipinski definition) is 0. The summed E-state index contributed by atoms with van der Waals surface area (Å²) in [6, 6.07) is 5.94. The lowest BCUT2D eigenvalue weighted by Crippen LogP contribution is -1.98. The first-order chi connectivity index (χ1) is 5.74. The quantitative estimate of drug-likeness (QED) is 0.584. The van der Waals surface area contributed by atoms with Gasteiger partial charge in [-0.2, -0.15) is 0 Å². The van der Waals surface area contributed by atoms with E-state index in [1.165, 1.54) is 7.14 Å². The maximum absolute atomic E-state index is 5.26. The second kappa shape index (κ2) is 5.23. The van der Waals surface area contributed by atoms with Crippen molar-refractivity contribution in [3.05, 3.63) is 25.3 Å². The van der Waals surface area contributed by atoms with Crippen LogP contribution in [-0.2, 0) is 4.74 Å². The summed E-state index contributed by atoms with van der Waals surface area (Å²) in [6.07, 6.45) is 0. The molecule has 0 aliphatic rings. The van der Waals surface area contributed by atoms with Gasteiger partial charge in [-0.15, -0.1) is 0 Å². The number of ether oxygens (including phenoxy) is 2. The van der Waals surface area contributed by atoms with Gasteiger partial charge in [0.15, 0.2) is 6.79 Å². The lowest BCUT2D eigenvalue weighted by atomic mass is 10.3. The van der Waals surface area contributed by atoms with Crippen molar-refractivity contribution in [3.8, 4) is 5.75 Å². The zero-order valence-corrected chi connectivity index (χ0v) is 10.8.